The highest BCUT2D eigenvalue weighted by Gasteiger charge is 2.11. The van der Waals surface area contributed by atoms with Crippen molar-refractivity contribution < 1.29 is 0 Å². The van der Waals surface area contributed by atoms with Crippen LogP contribution in [0.4, 0.5) is 0 Å². The number of hydrogen-bond acceptors (Lipinski definition) is 0. The minimum Gasteiger partial charge on any atom is -0.0958 e. The summed E-state index contributed by atoms with van der Waals surface area (Å²) >= 11 is 0. The summed E-state index contributed by atoms with van der Waals surface area (Å²) in [7, 11) is 0. The molecule has 0 N–H and O–H groups in total. The van der Waals surface area contributed by atoms with Crippen LogP contribution in [-0.2, 0) is 0 Å². The molecule has 0 saturated heterocycles. The highest BCUT2D eigenvalue weighted by Crippen LogP contribution is 2.30. The molecule has 0 heteroatoms. The lowest BCUT2D eigenvalue weighted by atomic mass is 9.94. The summed E-state index contributed by atoms with van der Waals surface area (Å²) in [6.45, 7) is 6.19. The summed E-state index contributed by atoms with van der Waals surface area (Å²) in [5.41, 5.74) is 5.88. The van der Waals surface area contributed by atoms with E-state index in [1.807, 2.05) is 0 Å². The predicted octanol–water partition coefficient (Wildman–Crippen LogP) is 3.93. The molecule has 0 radical (unpaired) electrons. The molecule has 0 atom stereocenters. The molecule has 0 aromatic heterocycles. The maximum atomic E-state index is 3.97. The smallest absolute Gasteiger partial charge is 0.0236 e. The van der Waals surface area contributed by atoms with E-state index in [4.69, 9.17) is 0 Å². The van der Waals surface area contributed by atoms with Gasteiger partial charge in [0.15, 0.2) is 0 Å². The van der Waals surface area contributed by atoms with Crippen LogP contribution in [0.3, 0.4) is 0 Å². The molecule has 0 aliphatic heterocycles. The minimum atomic E-state index is 1.14. The van der Waals surface area contributed by atoms with Gasteiger partial charge < -0.3 is 0 Å². The van der Waals surface area contributed by atoms with Crippen molar-refractivity contribution >= 4 is 0 Å². The summed E-state index contributed by atoms with van der Waals surface area (Å²) < 4.78 is 0. The Hall–Kier alpha value is -1.04. The molecule has 0 unspecified atom stereocenters. The van der Waals surface area contributed by atoms with E-state index in [1.54, 1.807) is 5.57 Å². The SMILES string of the molecule is C=C1C=C/C(=C2\C=C(C)CC2)CC1. The van der Waals surface area contributed by atoms with Crippen LogP contribution in [0.1, 0.15) is 32.6 Å². The van der Waals surface area contributed by atoms with Crippen molar-refractivity contribution in [2.75, 3.05) is 0 Å². The molecule has 0 bridgehead atoms. The second-order valence-electron chi connectivity index (χ2n) is 4.03. The van der Waals surface area contributed by atoms with Crippen LogP contribution in [0, 0.1) is 0 Å². The maximum absolute atomic E-state index is 3.97. The first-order valence-electron chi connectivity index (χ1n) is 5.01. The van der Waals surface area contributed by atoms with Crippen LogP contribution in [0.15, 0.2) is 47.1 Å². The van der Waals surface area contributed by atoms with Crippen LogP contribution in [0.25, 0.3) is 0 Å². The van der Waals surface area contributed by atoms with Gasteiger partial charge in [0.25, 0.3) is 0 Å². The summed E-state index contributed by atoms with van der Waals surface area (Å²) in [6, 6.07) is 0. The Kier molecular flexibility index (Phi) is 2.22. The Morgan fingerprint density at radius 2 is 1.77 bits per heavy atom. The van der Waals surface area contributed by atoms with Crippen molar-refractivity contribution in [3.05, 3.63) is 47.1 Å². The third-order valence-corrected chi connectivity index (χ3v) is 2.86. The molecule has 0 nitrogen and oxygen atoms in total. The Morgan fingerprint density at radius 3 is 2.31 bits per heavy atom. The lowest BCUT2D eigenvalue weighted by Gasteiger charge is -2.11. The third-order valence-electron chi connectivity index (χ3n) is 2.86. The van der Waals surface area contributed by atoms with Crippen LogP contribution < -0.4 is 0 Å². The van der Waals surface area contributed by atoms with Gasteiger partial charge in [-0.15, -0.1) is 0 Å². The molecule has 0 spiro atoms. The van der Waals surface area contributed by atoms with E-state index < -0.39 is 0 Å². The maximum Gasteiger partial charge on any atom is -0.0236 e. The molecule has 0 heterocycles. The number of rotatable bonds is 0. The number of hydrogen-bond donors (Lipinski definition) is 0. The van der Waals surface area contributed by atoms with Gasteiger partial charge in [0, 0.05) is 0 Å². The van der Waals surface area contributed by atoms with Gasteiger partial charge in [0.05, 0.1) is 0 Å². The molecule has 0 fully saturated rings. The zero-order valence-corrected chi connectivity index (χ0v) is 8.27. The lowest BCUT2D eigenvalue weighted by molar-refractivity contribution is 0.915. The van der Waals surface area contributed by atoms with E-state index in [9.17, 15) is 0 Å². The molecule has 0 aromatic rings. The van der Waals surface area contributed by atoms with Crippen molar-refractivity contribution in [1.29, 1.82) is 0 Å². The zero-order chi connectivity index (χ0) is 9.26. The fourth-order valence-electron chi connectivity index (χ4n) is 1.97. The highest BCUT2D eigenvalue weighted by atomic mass is 14.2. The van der Waals surface area contributed by atoms with E-state index in [1.165, 1.54) is 36.0 Å². The third kappa shape index (κ3) is 1.82. The van der Waals surface area contributed by atoms with E-state index in [-0.39, 0.29) is 0 Å². The highest BCUT2D eigenvalue weighted by molar-refractivity contribution is 5.42. The topological polar surface area (TPSA) is 0 Å². The van der Waals surface area contributed by atoms with Gasteiger partial charge in [-0.3, -0.25) is 0 Å². The molecule has 0 saturated carbocycles. The monoisotopic (exact) mass is 172 g/mol. The van der Waals surface area contributed by atoms with Crippen LogP contribution >= 0.6 is 0 Å². The standard InChI is InChI=1S/C13H16/c1-10-3-6-12(7-4-10)13-8-5-11(2)9-13/h3,6,9H,1,4-5,7-8H2,2H3/b13-12+. The van der Waals surface area contributed by atoms with Crippen molar-refractivity contribution in [1.82, 2.24) is 0 Å². The Bertz CT molecular complexity index is 324. The normalized spacial score (nSPS) is 28.1. The van der Waals surface area contributed by atoms with Crippen molar-refractivity contribution in [3.8, 4) is 0 Å². The van der Waals surface area contributed by atoms with Gasteiger partial charge >= 0.3 is 0 Å². The lowest BCUT2D eigenvalue weighted by Crippen LogP contribution is -1.92. The summed E-state index contributed by atoms with van der Waals surface area (Å²) in [6.07, 6.45) is 11.6. The van der Waals surface area contributed by atoms with Crippen LogP contribution in [0.5, 0.6) is 0 Å². The largest absolute Gasteiger partial charge is 0.0958 e. The van der Waals surface area contributed by atoms with Gasteiger partial charge in [-0.1, -0.05) is 36.0 Å². The van der Waals surface area contributed by atoms with E-state index in [0.29, 0.717) is 0 Å². The van der Waals surface area contributed by atoms with Gasteiger partial charge in [0.2, 0.25) is 0 Å². The van der Waals surface area contributed by atoms with Gasteiger partial charge in [0.1, 0.15) is 0 Å². The molecule has 2 rings (SSSR count). The zero-order valence-electron chi connectivity index (χ0n) is 8.27. The van der Waals surface area contributed by atoms with Crippen molar-refractivity contribution in [2.45, 2.75) is 32.6 Å². The van der Waals surface area contributed by atoms with Crippen LogP contribution in [-0.4, -0.2) is 0 Å². The average Bonchev–Trinajstić information content (AvgIpc) is 2.53. The summed E-state index contributed by atoms with van der Waals surface area (Å²) in [5.74, 6) is 0. The van der Waals surface area contributed by atoms with Crippen LogP contribution in [0.2, 0.25) is 0 Å². The van der Waals surface area contributed by atoms with Gasteiger partial charge in [-0.05, 0) is 43.8 Å². The van der Waals surface area contributed by atoms with E-state index in [0.717, 1.165) is 6.42 Å². The van der Waals surface area contributed by atoms with E-state index in [2.05, 4.69) is 31.7 Å². The fourth-order valence-corrected chi connectivity index (χ4v) is 1.97. The molecule has 2 aliphatic rings. The van der Waals surface area contributed by atoms with E-state index >= 15 is 0 Å². The minimum absolute atomic E-state index is 1.14. The molecule has 68 valence electrons. The molecule has 0 amide bonds. The second kappa shape index (κ2) is 3.37. The predicted molar refractivity (Wildman–Crippen MR) is 57.5 cm³/mol. The second-order valence-corrected chi connectivity index (χ2v) is 4.03. The molecular weight excluding hydrogens is 156 g/mol. The van der Waals surface area contributed by atoms with Crippen molar-refractivity contribution in [3.63, 3.8) is 0 Å². The Labute approximate surface area is 80.3 Å². The molecule has 13 heavy (non-hydrogen) atoms. The quantitative estimate of drug-likeness (QED) is 0.519. The van der Waals surface area contributed by atoms with Crippen molar-refractivity contribution in [2.24, 2.45) is 0 Å². The molecular formula is C13H16. The fraction of sp³-hybridized carbons (Fsp3) is 0.385. The first-order chi connectivity index (χ1) is 6.25. The average molecular weight is 172 g/mol. The van der Waals surface area contributed by atoms with Gasteiger partial charge in [-0.2, -0.15) is 0 Å². The first kappa shape index (κ1) is 8.55. The summed E-state index contributed by atoms with van der Waals surface area (Å²) in [5, 5.41) is 0. The number of allylic oxidation sites excluding steroid dienone is 7. The Morgan fingerprint density at radius 1 is 1.00 bits per heavy atom. The Balaban J connectivity index is 2.26. The first-order valence-corrected chi connectivity index (χ1v) is 5.01. The van der Waals surface area contributed by atoms with Gasteiger partial charge in [-0.25, -0.2) is 0 Å². The molecule has 0 aromatic carbocycles. The summed E-state index contributed by atoms with van der Waals surface area (Å²) in [4.78, 5) is 0. The molecule has 2 aliphatic carbocycles.